The number of fused-ring (bicyclic) bond motifs is 1. The summed E-state index contributed by atoms with van der Waals surface area (Å²) in [7, 11) is 0. The Morgan fingerprint density at radius 1 is 1.32 bits per heavy atom. The molecule has 28 heavy (non-hydrogen) atoms. The van der Waals surface area contributed by atoms with Gasteiger partial charge in [-0.3, -0.25) is 14.5 Å². The molecule has 0 atom stereocenters. The van der Waals surface area contributed by atoms with Crippen molar-refractivity contribution in [2.75, 3.05) is 36.5 Å². The van der Waals surface area contributed by atoms with Gasteiger partial charge in [-0.25, -0.2) is 9.97 Å². The summed E-state index contributed by atoms with van der Waals surface area (Å²) in [5.41, 5.74) is 7.10. The van der Waals surface area contributed by atoms with Crippen molar-refractivity contribution in [1.29, 1.82) is 0 Å². The van der Waals surface area contributed by atoms with Gasteiger partial charge in [0.1, 0.15) is 0 Å². The van der Waals surface area contributed by atoms with Crippen molar-refractivity contribution < 1.29 is 14.3 Å². The maximum Gasteiger partial charge on any atom is 0.248 e. The number of nitrogens with one attached hydrogen (secondary N) is 1. The van der Waals surface area contributed by atoms with Crippen molar-refractivity contribution in [1.82, 2.24) is 9.97 Å². The lowest BCUT2D eigenvalue weighted by atomic mass is 9.96. The molecule has 2 aliphatic heterocycles. The summed E-state index contributed by atoms with van der Waals surface area (Å²) in [5.74, 6) is 1.18. The molecule has 2 aromatic rings. The molecular formula is C20H23N5O3. The molecule has 1 fully saturated rings. The Morgan fingerprint density at radius 2 is 2.14 bits per heavy atom. The summed E-state index contributed by atoms with van der Waals surface area (Å²) in [5, 5.41) is 3.03. The monoisotopic (exact) mass is 381 g/mol. The van der Waals surface area contributed by atoms with Crippen LogP contribution in [0.4, 0.5) is 11.6 Å². The van der Waals surface area contributed by atoms with Gasteiger partial charge in [0.15, 0.2) is 11.6 Å². The molecule has 3 heterocycles. The minimum absolute atomic E-state index is 0.0168. The van der Waals surface area contributed by atoms with E-state index >= 15 is 0 Å². The normalized spacial score (nSPS) is 17.1. The molecule has 146 valence electrons. The molecule has 0 spiro atoms. The molecule has 4 rings (SSSR count). The van der Waals surface area contributed by atoms with Gasteiger partial charge >= 0.3 is 0 Å². The van der Waals surface area contributed by atoms with Gasteiger partial charge in [-0.1, -0.05) is 12.1 Å². The molecule has 1 aromatic carbocycles. The van der Waals surface area contributed by atoms with Gasteiger partial charge in [0.2, 0.25) is 11.8 Å². The number of nitrogens with two attached hydrogens (primary N) is 1. The van der Waals surface area contributed by atoms with Crippen molar-refractivity contribution in [2.24, 2.45) is 11.7 Å². The predicted octanol–water partition coefficient (Wildman–Crippen LogP) is 1.82. The van der Waals surface area contributed by atoms with Crippen molar-refractivity contribution in [3.63, 3.8) is 0 Å². The number of primary amides is 1. The van der Waals surface area contributed by atoms with E-state index in [2.05, 4.69) is 15.3 Å². The Kier molecular flexibility index (Phi) is 5.21. The average molecular weight is 381 g/mol. The van der Waals surface area contributed by atoms with Crippen LogP contribution in [0.5, 0.6) is 0 Å². The molecule has 2 aliphatic rings. The highest BCUT2D eigenvalue weighted by molar-refractivity contribution is 6.01. The lowest BCUT2D eigenvalue weighted by molar-refractivity contribution is -0.117. The first-order valence-electron chi connectivity index (χ1n) is 9.51. The number of nitrogens with zero attached hydrogens (tertiary/aromatic N) is 3. The van der Waals surface area contributed by atoms with Crippen LogP contribution in [-0.4, -0.2) is 48.1 Å². The molecule has 0 saturated carbocycles. The van der Waals surface area contributed by atoms with Crippen LogP contribution in [0.1, 0.15) is 29.6 Å². The quantitative estimate of drug-likeness (QED) is 0.817. The Morgan fingerprint density at radius 3 is 2.93 bits per heavy atom. The standard InChI is InChI=1S/C20H23N5O3/c21-18(27)15-3-1-2-14(10-15)16-11-22-19-20(24-16)25(17(26)12-23-19)7-4-13-5-8-28-9-6-13/h1-3,10-11,13H,4-9,12H2,(H2,21,27)(H,22,23). The maximum atomic E-state index is 12.5. The third kappa shape index (κ3) is 3.82. The zero-order valence-corrected chi connectivity index (χ0v) is 15.6. The number of carbonyl (C=O) groups excluding carboxylic acids is 2. The molecule has 8 heteroatoms. The SMILES string of the molecule is NC(=O)c1cccc(-c2cnc3c(n2)N(CCC2CCOCC2)C(=O)CN3)c1. The number of anilines is 2. The van der Waals surface area contributed by atoms with E-state index < -0.39 is 5.91 Å². The number of amides is 2. The first kappa shape index (κ1) is 18.4. The van der Waals surface area contributed by atoms with E-state index in [4.69, 9.17) is 10.5 Å². The van der Waals surface area contributed by atoms with E-state index in [0.717, 1.165) is 38.0 Å². The second-order valence-corrected chi connectivity index (χ2v) is 7.12. The van der Waals surface area contributed by atoms with E-state index in [0.29, 0.717) is 35.4 Å². The Bertz CT molecular complexity index is 895. The van der Waals surface area contributed by atoms with Crippen molar-refractivity contribution >= 4 is 23.5 Å². The minimum atomic E-state index is -0.497. The highest BCUT2D eigenvalue weighted by atomic mass is 16.5. The fourth-order valence-electron chi connectivity index (χ4n) is 3.61. The van der Waals surface area contributed by atoms with Gasteiger partial charge in [-0.05, 0) is 37.3 Å². The minimum Gasteiger partial charge on any atom is -0.381 e. The summed E-state index contributed by atoms with van der Waals surface area (Å²) in [6.45, 7) is 2.40. The number of rotatable bonds is 5. The van der Waals surface area contributed by atoms with Crippen molar-refractivity contribution in [2.45, 2.75) is 19.3 Å². The zero-order valence-electron chi connectivity index (χ0n) is 15.6. The van der Waals surface area contributed by atoms with Crippen molar-refractivity contribution in [3.05, 3.63) is 36.0 Å². The van der Waals surface area contributed by atoms with Gasteiger partial charge in [0.25, 0.3) is 0 Å². The van der Waals surface area contributed by atoms with Crippen LogP contribution in [0, 0.1) is 5.92 Å². The van der Waals surface area contributed by atoms with E-state index in [9.17, 15) is 9.59 Å². The number of hydrogen-bond acceptors (Lipinski definition) is 6. The van der Waals surface area contributed by atoms with E-state index in [1.807, 2.05) is 6.07 Å². The van der Waals surface area contributed by atoms with Crippen LogP contribution in [-0.2, 0) is 9.53 Å². The number of carbonyl (C=O) groups is 2. The largest absolute Gasteiger partial charge is 0.381 e. The number of benzene rings is 1. The highest BCUT2D eigenvalue weighted by Crippen LogP contribution is 2.30. The van der Waals surface area contributed by atoms with Gasteiger partial charge in [0, 0.05) is 30.9 Å². The fourth-order valence-corrected chi connectivity index (χ4v) is 3.61. The molecule has 8 nitrogen and oxygen atoms in total. The number of aromatic nitrogens is 2. The zero-order chi connectivity index (χ0) is 19.5. The van der Waals surface area contributed by atoms with E-state index in [-0.39, 0.29) is 12.5 Å². The average Bonchev–Trinajstić information content (AvgIpc) is 2.73. The molecule has 1 aromatic heterocycles. The van der Waals surface area contributed by atoms with Crippen LogP contribution in [0.15, 0.2) is 30.5 Å². The molecule has 0 bridgehead atoms. The van der Waals surface area contributed by atoms with Crippen LogP contribution >= 0.6 is 0 Å². The van der Waals surface area contributed by atoms with Gasteiger partial charge in [-0.2, -0.15) is 0 Å². The Balaban J connectivity index is 1.60. The lowest BCUT2D eigenvalue weighted by Gasteiger charge is -2.30. The first-order chi connectivity index (χ1) is 13.6. The topological polar surface area (TPSA) is 110 Å². The summed E-state index contributed by atoms with van der Waals surface area (Å²) in [6, 6.07) is 6.93. The van der Waals surface area contributed by atoms with Gasteiger partial charge in [0.05, 0.1) is 18.4 Å². The second kappa shape index (κ2) is 7.93. The molecule has 0 radical (unpaired) electrons. The summed E-state index contributed by atoms with van der Waals surface area (Å²) in [4.78, 5) is 34.8. The molecule has 3 N–H and O–H groups in total. The van der Waals surface area contributed by atoms with Crippen LogP contribution in [0.3, 0.4) is 0 Å². The fraction of sp³-hybridized carbons (Fsp3) is 0.400. The van der Waals surface area contributed by atoms with Crippen molar-refractivity contribution in [3.8, 4) is 11.3 Å². The summed E-state index contributed by atoms with van der Waals surface area (Å²) >= 11 is 0. The number of hydrogen-bond donors (Lipinski definition) is 2. The Hall–Kier alpha value is -3.00. The smallest absolute Gasteiger partial charge is 0.248 e. The third-order valence-electron chi connectivity index (χ3n) is 5.26. The second-order valence-electron chi connectivity index (χ2n) is 7.12. The Labute approximate surface area is 163 Å². The third-order valence-corrected chi connectivity index (χ3v) is 5.26. The summed E-state index contributed by atoms with van der Waals surface area (Å²) < 4.78 is 5.41. The first-order valence-corrected chi connectivity index (χ1v) is 9.51. The van der Waals surface area contributed by atoms with Crippen LogP contribution in [0.2, 0.25) is 0 Å². The predicted molar refractivity (Wildman–Crippen MR) is 105 cm³/mol. The van der Waals surface area contributed by atoms with Gasteiger partial charge < -0.3 is 15.8 Å². The molecular weight excluding hydrogens is 358 g/mol. The van der Waals surface area contributed by atoms with E-state index in [1.165, 1.54) is 0 Å². The highest BCUT2D eigenvalue weighted by Gasteiger charge is 2.28. The molecule has 0 unspecified atom stereocenters. The van der Waals surface area contributed by atoms with Crippen LogP contribution in [0.25, 0.3) is 11.3 Å². The lowest BCUT2D eigenvalue weighted by Crippen LogP contribution is -2.42. The van der Waals surface area contributed by atoms with Crippen LogP contribution < -0.4 is 16.0 Å². The molecule has 2 amide bonds. The molecule has 1 saturated heterocycles. The van der Waals surface area contributed by atoms with Gasteiger partial charge in [-0.15, -0.1) is 0 Å². The number of ether oxygens (including phenoxy) is 1. The molecule has 0 aliphatic carbocycles. The van der Waals surface area contributed by atoms with E-state index in [1.54, 1.807) is 29.3 Å². The maximum absolute atomic E-state index is 12.5. The summed E-state index contributed by atoms with van der Waals surface area (Å²) in [6.07, 6.45) is 4.60.